The van der Waals surface area contributed by atoms with Crippen molar-refractivity contribution >= 4 is 0 Å². The average molecular weight is 224 g/mol. The summed E-state index contributed by atoms with van der Waals surface area (Å²) in [5.74, 6) is 4.06. The van der Waals surface area contributed by atoms with Gasteiger partial charge in [0.1, 0.15) is 0 Å². The molecule has 0 aromatic heterocycles. The lowest BCUT2D eigenvalue weighted by atomic mass is 10.1. The largest absolute Gasteiger partial charge is 0.396 e. The molecule has 0 saturated heterocycles. The van der Waals surface area contributed by atoms with Gasteiger partial charge in [0.05, 0.1) is 0 Å². The van der Waals surface area contributed by atoms with Crippen LogP contribution in [-0.4, -0.2) is 11.7 Å². The molecule has 2 saturated carbocycles. The van der Waals surface area contributed by atoms with Gasteiger partial charge in [0.15, 0.2) is 0 Å². The highest BCUT2D eigenvalue weighted by atomic mass is 16.3. The molecule has 0 heterocycles. The van der Waals surface area contributed by atoms with Crippen molar-refractivity contribution in [2.45, 2.75) is 64.7 Å². The minimum atomic E-state index is 0.409. The minimum Gasteiger partial charge on any atom is -0.396 e. The predicted molar refractivity (Wildman–Crippen MR) is 68.3 cm³/mol. The van der Waals surface area contributed by atoms with Crippen molar-refractivity contribution < 1.29 is 5.11 Å². The van der Waals surface area contributed by atoms with Gasteiger partial charge in [-0.15, -0.1) is 0 Å². The maximum Gasteiger partial charge on any atom is 0.0433 e. The third-order valence-corrected chi connectivity index (χ3v) is 4.67. The summed E-state index contributed by atoms with van der Waals surface area (Å²) in [6.45, 7) is 2.70. The molecule has 16 heavy (non-hydrogen) atoms. The highest BCUT2D eigenvalue weighted by molar-refractivity contribution is 4.94. The Labute approximate surface area is 101 Å². The van der Waals surface area contributed by atoms with Crippen molar-refractivity contribution in [3.63, 3.8) is 0 Å². The Bertz CT molecular complexity index is 202. The third-order valence-electron chi connectivity index (χ3n) is 4.67. The van der Waals surface area contributed by atoms with Crippen molar-refractivity contribution in [3.8, 4) is 0 Å². The molecule has 0 aliphatic heterocycles. The average Bonchev–Trinajstić information content (AvgIpc) is 3.16. The zero-order valence-electron chi connectivity index (χ0n) is 10.8. The van der Waals surface area contributed by atoms with Crippen LogP contribution in [0, 0.1) is 23.7 Å². The van der Waals surface area contributed by atoms with E-state index in [1.807, 2.05) is 0 Å². The van der Waals surface area contributed by atoms with Crippen molar-refractivity contribution in [3.05, 3.63) is 0 Å². The van der Waals surface area contributed by atoms with Gasteiger partial charge in [-0.3, -0.25) is 0 Å². The fourth-order valence-corrected chi connectivity index (χ4v) is 3.29. The monoisotopic (exact) mass is 224 g/mol. The number of rotatable bonds is 9. The maximum absolute atomic E-state index is 8.86. The summed E-state index contributed by atoms with van der Waals surface area (Å²) in [5, 5.41) is 8.86. The van der Waals surface area contributed by atoms with Crippen LogP contribution >= 0.6 is 0 Å². The second kappa shape index (κ2) is 6.05. The molecule has 94 valence electrons. The van der Waals surface area contributed by atoms with Gasteiger partial charge < -0.3 is 5.11 Å². The van der Waals surface area contributed by atoms with Crippen LogP contribution in [0.3, 0.4) is 0 Å². The standard InChI is InChI=1S/C15H28O/c1-2-3-4-5-6-12-9-14(12)11-15-10-13(15)7-8-16/h12-16H,2-11H2,1H3. The van der Waals surface area contributed by atoms with E-state index in [1.165, 1.54) is 51.4 Å². The van der Waals surface area contributed by atoms with Gasteiger partial charge in [-0.05, 0) is 49.4 Å². The van der Waals surface area contributed by atoms with Gasteiger partial charge in [-0.2, -0.15) is 0 Å². The topological polar surface area (TPSA) is 20.2 Å². The van der Waals surface area contributed by atoms with Crippen molar-refractivity contribution in [2.75, 3.05) is 6.61 Å². The number of hydrogen-bond donors (Lipinski definition) is 1. The van der Waals surface area contributed by atoms with Crippen LogP contribution in [0.4, 0.5) is 0 Å². The van der Waals surface area contributed by atoms with E-state index >= 15 is 0 Å². The molecule has 0 aromatic carbocycles. The van der Waals surface area contributed by atoms with Crippen LogP contribution in [0.2, 0.25) is 0 Å². The summed E-state index contributed by atoms with van der Waals surface area (Å²) in [6, 6.07) is 0. The van der Waals surface area contributed by atoms with Gasteiger partial charge in [0.2, 0.25) is 0 Å². The lowest BCUT2D eigenvalue weighted by molar-refractivity contribution is 0.275. The zero-order valence-corrected chi connectivity index (χ0v) is 10.8. The van der Waals surface area contributed by atoms with E-state index < -0.39 is 0 Å². The molecule has 1 nitrogen and oxygen atoms in total. The van der Waals surface area contributed by atoms with Crippen LogP contribution in [0.5, 0.6) is 0 Å². The predicted octanol–water partition coefficient (Wildman–Crippen LogP) is 4.00. The van der Waals surface area contributed by atoms with E-state index in [9.17, 15) is 0 Å². The molecule has 0 amide bonds. The summed E-state index contributed by atoms with van der Waals surface area (Å²) in [5.41, 5.74) is 0. The smallest absolute Gasteiger partial charge is 0.0433 e. The first kappa shape index (κ1) is 12.4. The Hall–Kier alpha value is -0.0400. The first-order valence-electron chi connectivity index (χ1n) is 7.46. The number of aliphatic hydroxyl groups is 1. The highest BCUT2D eigenvalue weighted by Gasteiger charge is 2.44. The molecular weight excluding hydrogens is 196 g/mol. The SMILES string of the molecule is CCCCCCC1CC1CC1CC1CCO. The van der Waals surface area contributed by atoms with Gasteiger partial charge in [0.25, 0.3) is 0 Å². The van der Waals surface area contributed by atoms with Gasteiger partial charge >= 0.3 is 0 Å². The Morgan fingerprint density at radius 3 is 2.19 bits per heavy atom. The molecule has 1 heteroatoms. The van der Waals surface area contributed by atoms with Crippen LogP contribution in [0.1, 0.15) is 64.7 Å². The normalized spacial score (nSPS) is 36.4. The van der Waals surface area contributed by atoms with Gasteiger partial charge in [0, 0.05) is 6.61 Å². The van der Waals surface area contributed by atoms with Crippen molar-refractivity contribution in [2.24, 2.45) is 23.7 Å². The van der Waals surface area contributed by atoms with E-state index in [0.717, 1.165) is 30.1 Å². The van der Waals surface area contributed by atoms with Crippen LogP contribution < -0.4 is 0 Å². The minimum absolute atomic E-state index is 0.409. The fourth-order valence-electron chi connectivity index (χ4n) is 3.29. The van der Waals surface area contributed by atoms with Gasteiger partial charge in [-0.25, -0.2) is 0 Å². The molecule has 2 aliphatic rings. The Balaban J connectivity index is 1.46. The van der Waals surface area contributed by atoms with Crippen molar-refractivity contribution in [1.82, 2.24) is 0 Å². The summed E-state index contributed by atoms with van der Waals surface area (Å²) in [4.78, 5) is 0. The number of unbranched alkanes of at least 4 members (excludes halogenated alkanes) is 3. The van der Waals surface area contributed by atoms with E-state index in [0.29, 0.717) is 6.61 Å². The summed E-state index contributed by atoms with van der Waals surface area (Å²) >= 11 is 0. The Morgan fingerprint density at radius 2 is 1.56 bits per heavy atom. The number of hydrogen-bond acceptors (Lipinski definition) is 1. The van der Waals surface area contributed by atoms with Gasteiger partial charge in [-0.1, -0.05) is 39.0 Å². The molecular formula is C15H28O. The van der Waals surface area contributed by atoms with E-state index in [4.69, 9.17) is 5.11 Å². The van der Waals surface area contributed by atoms with Crippen LogP contribution in [0.25, 0.3) is 0 Å². The molecule has 2 rings (SSSR count). The van der Waals surface area contributed by atoms with E-state index in [1.54, 1.807) is 0 Å². The molecule has 2 fully saturated rings. The molecule has 0 radical (unpaired) electrons. The second-order valence-electron chi connectivity index (χ2n) is 6.11. The van der Waals surface area contributed by atoms with Crippen molar-refractivity contribution in [1.29, 1.82) is 0 Å². The lowest BCUT2D eigenvalue weighted by Crippen LogP contribution is -1.91. The summed E-state index contributed by atoms with van der Waals surface area (Å²) in [7, 11) is 0. The fraction of sp³-hybridized carbons (Fsp3) is 1.00. The van der Waals surface area contributed by atoms with E-state index in [2.05, 4.69) is 6.92 Å². The van der Waals surface area contributed by atoms with Crippen LogP contribution in [-0.2, 0) is 0 Å². The molecule has 2 aliphatic carbocycles. The Kier molecular flexibility index (Phi) is 4.69. The highest BCUT2D eigenvalue weighted by Crippen LogP contribution is 2.54. The van der Waals surface area contributed by atoms with E-state index in [-0.39, 0.29) is 0 Å². The first-order valence-corrected chi connectivity index (χ1v) is 7.46. The van der Waals surface area contributed by atoms with Crippen LogP contribution in [0.15, 0.2) is 0 Å². The molecule has 4 atom stereocenters. The summed E-state index contributed by atoms with van der Waals surface area (Å²) < 4.78 is 0. The molecule has 0 spiro atoms. The lowest BCUT2D eigenvalue weighted by Gasteiger charge is -2.00. The molecule has 1 N–H and O–H groups in total. The summed E-state index contributed by atoms with van der Waals surface area (Å²) in [6.07, 6.45) is 12.7. The molecule has 4 unspecified atom stereocenters. The first-order chi connectivity index (χ1) is 7.85. The molecule has 0 bridgehead atoms. The third kappa shape index (κ3) is 3.76. The Morgan fingerprint density at radius 1 is 0.875 bits per heavy atom. The number of aliphatic hydroxyl groups excluding tert-OH is 1. The quantitative estimate of drug-likeness (QED) is 0.587. The zero-order chi connectivity index (χ0) is 11.4. The molecule has 0 aromatic rings. The second-order valence-corrected chi connectivity index (χ2v) is 6.11. The maximum atomic E-state index is 8.86.